The van der Waals surface area contributed by atoms with Gasteiger partial charge in [0.1, 0.15) is 38.9 Å². The Morgan fingerprint density at radius 3 is 2.28 bits per heavy atom. The third-order valence-corrected chi connectivity index (χ3v) is 8.41. The van der Waals surface area contributed by atoms with Crippen molar-refractivity contribution in [3.63, 3.8) is 0 Å². The van der Waals surface area contributed by atoms with E-state index < -0.39 is 16.7 Å². The first kappa shape index (κ1) is 25.3. The quantitative estimate of drug-likeness (QED) is 0.404. The van der Waals surface area contributed by atoms with Crippen molar-refractivity contribution < 1.29 is 13.6 Å². The highest BCUT2D eigenvalue weighted by molar-refractivity contribution is 7.80. The molecule has 2 bridgehead atoms. The number of likely N-dealkylation sites (tertiary alicyclic amines) is 1. The molecule has 3 atom stereocenters. The Morgan fingerprint density at radius 1 is 0.974 bits per heavy atom. The number of ether oxygens (including phenoxy) is 1. The minimum atomic E-state index is -1.18. The molecule has 2 saturated heterocycles. The first-order valence-electron chi connectivity index (χ1n) is 12.9. The Morgan fingerprint density at radius 2 is 1.64 bits per heavy atom. The molecule has 3 aliphatic heterocycles. The van der Waals surface area contributed by atoms with Gasteiger partial charge in [0, 0.05) is 24.6 Å². The molecule has 3 aromatic rings. The first-order valence-corrected chi connectivity index (χ1v) is 13.4. The maximum Gasteiger partial charge on any atom is 0.136 e. The third kappa shape index (κ3) is 4.04. The van der Waals surface area contributed by atoms with E-state index >= 15 is 0 Å². The van der Waals surface area contributed by atoms with Crippen molar-refractivity contribution in [3.8, 4) is 17.9 Å². The van der Waals surface area contributed by atoms with Crippen molar-refractivity contribution >= 4 is 23.0 Å². The summed E-state index contributed by atoms with van der Waals surface area (Å²) in [5.41, 5.74) is -1.52. The molecule has 10 heteroatoms. The van der Waals surface area contributed by atoms with Crippen molar-refractivity contribution in [1.82, 2.24) is 14.7 Å². The van der Waals surface area contributed by atoms with E-state index in [4.69, 9.17) is 30.8 Å². The predicted molar refractivity (Wildman–Crippen MR) is 146 cm³/mol. The molecule has 0 amide bonds. The highest BCUT2D eigenvalue weighted by Crippen LogP contribution is 2.59. The van der Waals surface area contributed by atoms with E-state index in [1.807, 2.05) is 60.4 Å². The number of benzene rings is 1. The van der Waals surface area contributed by atoms with E-state index in [2.05, 4.69) is 21.9 Å². The lowest BCUT2D eigenvalue weighted by atomic mass is 9.53. The lowest BCUT2D eigenvalue weighted by Gasteiger charge is -2.60. The zero-order valence-electron chi connectivity index (χ0n) is 21.6. The topological polar surface area (TPSA) is 105 Å². The SMILES string of the molecule is CCOc1ccccc1[C@H]1[C@@]2(C#N)CN(Cc3ccco3)C[C@@]1(C#N)C1=NCN(Cc3ccco3)CN1C2=S. The molecule has 6 rings (SSSR count). The van der Waals surface area contributed by atoms with Crippen LogP contribution in [0.1, 0.15) is 29.9 Å². The van der Waals surface area contributed by atoms with Crippen LogP contribution in [0.3, 0.4) is 0 Å². The number of amidine groups is 1. The summed E-state index contributed by atoms with van der Waals surface area (Å²) in [6, 6.07) is 20.5. The first-order chi connectivity index (χ1) is 19.0. The number of hydrogen-bond donors (Lipinski definition) is 0. The smallest absolute Gasteiger partial charge is 0.136 e. The number of piperidine rings is 2. The molecule has 5 heterocycles. The standard InChI is InChI=1S/C29H28N6O3S/c1-2-36-24-10-4-3-9-23(24)25-28(15-30)17-33(13-21-7-5-11-37-21)18-29(25,16-31)27(39)35-20-34(19-32-26(28)35)14-22-8-6-12-38-22/h3-12,25H,2,13-14,17-20H2,1H3/t25-,28-,29-/m1/s1. The molecule has 1 aromatic carbocycles. The molecular weight excluding hydrogens is 512 g/mol. The fraction of sp³-hybridized carbons (Fsp3) is 0.379. The van der Waals surface area contributed by atoms with Crippen LogP contribution in [0.15, 0.2) is 74.9 Å². The number of para-hydroxylation sites is 1. The number of aliphatic imine (C=N–C) groups is 1. The minimum absolute atomic E-state index is 0.347. The Kier molecular flexibility index (Phi) is 6.48. The second-order valence-electron chi connectivity index (χ2n) is 10.2. The van der Waals surface area contributed by atoms with Gasteiger partial charge in [-0.25, -0.2) is 0 Å². The number of nitriles is 2. The maximum absolute atomic E-state index is 11.1. The van der Waals surface area contributed by atoms with Crippen LogP contribution in [0.4, 0.5) is 0 Å². The number of hydrogen-bond acceptors (Lipinski definition) is 9. The lowest BCUT2D eigenvalue weighted by Crippen LogP contribution is -2.73. The van der Waals surface area contributed by atoms with Crippen LogP contribution >= 0.6 is 12.2 Å². The number of nitrogens with zero attached hydrogens (tertiary/aromatic N) is 6. The van der Waals surface area contributed by atoms with Gasteiger partial charge >= 0.3 is 0 Å². The van der Waals surface area contributed by atoms with Crippen LogP contribution in [-0.4, -0.2) is 58.6 Å². The molecule has 0 spiro atoms. The average Bonchev–Trinajstić information content (AvgIpc) is 3.67. The molecule has 0 saturated carbocycles. The molecule has 0 radical (unpaired) electrons. The van der Waals surface area contributed by atoms with Gasteiger partial charge in [0.25, 0.3) is 0 Å². The summed E-state index contributed by atoms with van der Waals surface area (Å²) < 4.78 is 17.2. The molecule has 0 unspecified atom stereocenters. The van der Waals surface area contributed by atoms with E-state index in [9.17, 15) is 10.5 Å². The lowest BCUT2D eigenvalue weighted by molar-refractivity contribution is 0.0469. The van der Waals surface area contributed by atoms with Gasteiger partial charge in [-0.3, -0.25) is 14.8 Å². The van der Waals surface area contributed by atoms with E-state index in [-0.39, 0.29) is 0 Å². The number of thiocarbonyl (C=S) groups is 1. The molecule has 9 nitrogen and oxygen atoms in total. The molecular formula is C29H28N6O3S. The fourth-order valence-corrected chi connectivity index (χ4v) is 6.77. The third-order valence-electron chi connectivity index (χ3n) is 7.82. The van der Waals surface area contributed by atoms with Crippen LogP contribution in [0, 0.1) is 33.5 Å². The van der Waals surface area contributed by atoms with Gasteiger partial charge in [-0.2, -0.15) is 10.5 Å². The molecule has 198 valence electrons. The number of furan rings is 2. The maximum atomic E-state index is 11.1. The molecule has 0 N–H and O–H groups in total. The average molecular weight is 541 g/mol. The van der Waals surface area contributed by atoms with Crippen LogP contribution in [-0.2, 0) is 13.1 Å². The zero-order chi connectivity index (χ0) is 27.0. The Bertz CT molecular complexity index is 1470. The Hall–Kier alpha value is -3.96. The van der Waals surface area contributed by atoms with Crippen LogP contribution in [0.2, 0.25) is 0 Å². The Balaban J connectivity index is 1.50. The van der Waals surface area contributed by atoms with E-state index in [0.29, 0.717) is 62.7 Å². The van der Waals surface area contributed by atoms with Crippen molar-refractivity contribution in [2.75, 3.05) is 33.0 Å². The monoisotopic (exact) mass is 540 g/mol. The van der Waals surface area contributed by atoms with E-state index in [1.54, 1.807) is 12.5 Å². The van der Waals surface area contributed by atoms with Crippen LogP contribution < -0.4 is 4.74 Å². The normalized spacial score (nSPS) is 26.8. The molecule has 3 aliphatic rings. The molecule has 39 heavy (non-hydrogen) atoms. The minimum Gasteiger partial charge on any atom is -0.494 e. The van der Waals surface area contributed by atoms with Crippen molar-refractivity contribution in [1.29, 1.82) is 10.5 Å². The zero-order valence-corrected chi connectivity index (χ0v) is 22.4. The summed E-state index contributed by atoms with van der Waals surface area (Å²) in [5, 5.41) is 22.1. The van der Waals surface area contributed by atoms with Crippen LogP contribution in [0.25, 0.3) is 0 Å². The Labute approximate surface area is 232 Å². The van der Waals surface area contributed by atoms with Crippen molar-refractivity contribution in [3.05, 3.63) is 78.1 Å². The summed E-state index contributed by atoms with van der Waals surface area (Å²) in [6.07, 6.45) is 3.28. The van der Waals surface area contributed by atoms with Crippen molar-refractivity contribution in [2.24, 2.45) is 15.8 Å². The second kappa shape index (κ2) is 9.97. The van der Waals surface area contributed by atoms with Gasteiger partial charge in [-0.05, 0) is 37.3 Å². The largest absolute Gasteiger partial charge is 0.494 e. The highest BCUT2D eigenvalue weighted by atomic mass is 32.1. The van der Waals surface area contributed by atoms with Gasteiger partial charge < -0.3 is 18.5 Å². The summed E-state index contributed by atoms with van der Waals surface area (Å²) in [6.45, 7) is 4.92. The fourth-order valence-electron chi connectivity index (χ4n) is 6.39. The van der Waals surface area contributed by atoms with Crippen LogP contribution in [0.5, 0.6) is 5.75 Å². The van der Waals surface area contributed by atoms with Gasteiger partial charge in [0.05, 0.1) is 57.7 Å². The second-order valence-corrected chi connectivity index (χ2v) is 10.6. The van der Waals surface area contributed by atoms with Crippen molar-refractivity contribution in [2.45, 2.75) is 25.9 Å². The van der Waals surface area contributed by atoms with E-state index in [0.717, 1.165) is 17.1 Å². The van der Waals surface area contributed by atoms with Gasteiger partial charge in [-0.15, -0.1) is 0 Å². The summed E-state index contributed by atoms with van der Waals surface area (Å²) in [7, 11) is 0. The van der Waals surface area contributed by atoms with E-state index in [1.165, 1.54) is 0 Å². The number of fused-ring (bicyclic) bond motifs is 4. The van der Waals surface area contributed by atoms with Gasteiger partial charge in [-0.1, -0.05) is 30.4 Å². The number of rotatable bonds is 7. The summed E-state index contributed by atoms with van der Waals surface area (Å²) >= 11 is 6.18. The molecule has 2 fully saturated rings. The highest BCUT2D eigenvalue weighted by Gasteiger charge is 2.68. The summed E-state index contributed by atoms with van der Waals surface area (Å²) in [4.78, 5) is 11.6. The van der Waals surface area contributed by atoms with Gasteiger partial charge in [0.15, 0.2) is 0 Å². The summed E-state index contributed by atoms with van der Waals surface area (Å²) in [5.74, 6) is 2.29. The predicted octanol–water partition coefficient (Wildman–Crippen LogP) is 4.36. The molecule has 2 aromatic heterocycles. The molecule has 0 aliphatic carbocycles. The van der Waals surface area contributed by atoms with Gasteiger partial charge in [0.2, 0.25) is 0 Å².